The van der Waals surface area contributed by atoms with E-state index in [2.05, 4.69) is 37.0 Å². The first kappa shape index (κ1) is 26.0. The predicted octanol–water partition coefficient (Wildman–Crippen LogP) is 7.80. The minimum atomic E-state index is -0.323. The van der Waals surface area contributed by atoms with Crippen molar-refractivity contribution < 1.29 is 13.9 Å². The number of hydrogen-bond donors (Lipinski definition) is 0. The zero-order chi connectivity index (χ0) is 27.6. The molecule has 0 atom stereocenters. The van der Waals surface area contributed by atoms with Gasteiger partial charge in [-0.25, -0.2) is 4.98 Å². The molecule has 0 fully saturated rings. The summed E-state index contributed by atoms with van der Waals surface area (Å²) in [5, 5.41) is 5.95. The van der Waals surface area contributed by atoms with E-state index in [0.29, 0.717) is 45.9 Å². The molecule has 6 aromatic rings. The number of para-hydroxylation sites is 2. The molecule has 0 N–H and O–H groups in total. The third-order valence-corrected chi connectivity index (χ3v) is 7.26. The molecule has 7 nitrogen and oxygen atoms in total. The number of fused-ring (bicyclic) bond motifs is 2. The number of hydrogen-bond acceptors (Lipinski definition) is 6. The van der Waals surface area contributed by atoms with Crippen molar-refractivity contribution in [2.75, 3.05) is 7.11 Å². The lowest BCUT2D eigenvalue weighted by atomic mass is 10.2. The van der Waals surface area contributed by atoms with Crippen molar-refractivity contribution in [3.05, 3.63) is 121 Å². The van der Waals surface area contributed by atoms with Gasteiger partial charge in [0.1, 0.15) is 12.2 Å². The van der Waals surface area contributed by atoms with E-state index in [1.54, 1.807) is 31.5 Å². The molecule has 0 aliphatic carbocycles. The number of benzene rings is 4. The molecule has 2 heterocycles. The van der Waals surface area contributed by atoms with Crippen LogP contribution in [0.2, 0.25) is 0 Å². The Hall–Kier alpha value is -4.21. The van der Waals surface area contributed by atoms with Crippen molar-refractivity contribution in [3.8, 4) is 23.1 Å². The molecule has 0 unspecified atom stereocenters. The molecule has 0 spiro atoms. The maximum Gasteiger partial charge on any atom is 0.282 e. The average Bonchev–Trinajstić information content (AvgIpc) is 3.41. The predicted molar refractivity (Wildman–Crippen MR) is 163 cm³/mol. The third-order valence-electron chi connectivity index (χ3n) is 6.28. The van der Waals surface area contributed by atoms with Crippen LogP contribution in [-0.2, 0) is 6.61 Å². The highest BCUT2D eigenvalue weighted by molar-refractivity contribution is 9.10. The number of rotatable bonds is 7. The molecular weight excluding hydrogens is 638 g/mol. The van der Waals surface area contributed by atoms with Gasteiger partial charge < -0.3 is 13.9 Å². The molecule has 0 aliphatic heterocycles. The first-order valence-corrected chi connectivity index (χ1v) is 13.9. The first-order chi connectivity index (χ1) is 19.5. The lowest BCUT2D eigenvalue weighted by molar-refractivity contribution is 0.284. The summed E-state index contributed by atoms with van der Waals surface area (Å²) in [6.45, 7) is 0.313. The Balaban J connectivity index is 1.47. The van der Waals surface area contributed by atoms with Crippen LogP contribution in [-0.4, -0.2) is 23.0 Å². The molecule has 2 aromatic heterocycles. The van der Waals surface area contributed by atoms with Crippen LogP contribution in [0, 0.1) is 0 Å². The Morgan fingerprint density at radius 2 is 1.73 bits per heavy atom. The van der Waals surface area contributed by atoms with Gasteiger partial charge in [0, 0.05) is 19.9 Å². The summed E-state index contributed by atoms with van der Waals surface area (Å²) in [4.78, 5) is 18.4. The van der Waals surface area contributed by atoms with E-state index in [1.807, 2.05) is 72.8 Å². The fourth-order valence-electron chi connectivity index (χ4n) is 4.33. The van der Waals surface area contributed by atoms with Gasteiger partial charge in [0.2, 0.25) is 5.82 Å². The van der Waals surface area contributed by atoms with Crippen molar-refractivity contribution in [1.29, 1.82) is 0 Å². The molecule has 0 saturated carbocycles. The van der Waals surface area contributed by atoms with Gasteiger partial charge in [-0.2, -0.15) is 9.78 Å². The van der Waals surface area contributed by atoms with Crippen LogP contribution in [0.5, 0.6) is 11.5 Å². The molecule has 0 radical (unpaired) electrons. The standard InChI is InChI=1S/C31H21Br2N3O4/c1-38-27-16-23(33)14-21(29(27)39-18-19-10-12-22(32)13-11-19)17-34-36-30(28-15-20-6-2-5-9-26(20)40-28)35-25-8-4-3-7-24(25)31(36)37/h2-17H,18H2,1H3. The van der Waals surface area contributed by atoms with Crippen LogP contribution >= 0.6 is 31.9 Å². The first-order valence-electron chi connectivity index (χ1n) is 12.3. The monoisotopic (exact) mass is 657 g/mol. The van der Waals surface area contributed by atoms with Gasteiger partial charge in [0.25, 0.3) is 5.56 Å². The number of ether oxygens (including phenoxy) is 2. The minimum absolute atomic E-state index is 0.287. The van der Waals surface area contributed by atoms with Gasteiger partial charge in [-0.15, -0.1) is 0 Å². The Kier molecular flexibility index (Phi) is 7.23. The van der Waals surface area contributed by atoms with Crippen LogP contribution in [0.3, 0.4) is 0 Å². The molecule has 6 rings (SSSR count). The fourth-order valence-corrected chi connectivity index (χ4v) is 5.05. The highest BCUT2D eigenvalue weighted by Crippen LogP contribution is 2.35. The number of methoxy groups -OCH3 is 1. The summed E-state index contributed by atoms with van der Waals surface area (Å²) in [6, 6.07) is 28.2. The number of furan rings is 1. The van der Waals surface area contributed by atoms with Crippen molar-refractivity contribution in [3.63, 3.8) is 0 Å². The molecule has 0 saturated heterocycles. The molecule has 0 bridgehead atoms. The molecule has 9 heteroatoms. The Bertz CT molecular complexity index is 1910. The average molecular weight is 659 g/mol. The normalized spacial score (nSPS) is 11.5. The number of halogens is 2. The Morgan fingerprint density at radius 1 is 0.950 bits per heavy atom. The summed E-state index contributed by atoms with van der Waals surface area (Å²) in [6.07, 6.45) is 1.56. The SMILES string of the molecule is COc1cc(Br)cc(C=Nn2c(-c3cc4ccccc4o3)nc3ccccc3c2=O)c1OCc1ccc(Br)cc1. The number of aromatic nitrogens is 2. The van der Waals surface area contributed by atoms with Crippen molar-refractivity contribution >= 4 is 59.9 Å². The van der Waals surface area contributed by atoms with E-state index in [4.69, 9.17) is 18.9 Å². The lowest BCUT2D eigenvalue weighted by Crippen LogP contribution is -2.20. The van der Waals surface area contributed by atoms with E-state index < -0.39 is 0 Å². The zero-order valence-electron chi connectivity index (χ0n) is 21.2. The summed E-state index contributed by atoms with van der Waals surface area (Å²) < 4.78 is 20.9. The van der Waals surface area contributed by atoms with Gasteiger partial charge in [0.05, 0.1) is 24.2 Å². The fraction of sp³-hybridized carbons (Fsp3) is 0.0645. The third kappa shape index (κ3) is 5.17. The van der Waals surface area contributed by atoms with E-state index >= 15 is 0 Å². The van der Waals surface area contributed by atoms with E-state index in [1.165, 1.54) is 4.68 Å². The van der Waals surface area contributed by atoms with Crippen LogP contribution < -0.4 is 15.0 Å². The second kappa shape index (κ2) is 11.1. The molecular formula is C31H21Br2N3O4. The Morgan fingerprint density at radius 3 is 2.52 bits per heavy atom. The lowest BCUT2D eigenvalue weighted by Gasteiger charge is -2.14. The maximum atomic E-state index is 13.7. The van der Waals surface area contributed by atoms with E-state index in [0.717, 1.165) is 19.9 Å². The van der Waals surface area contributed by atoms with Crippen LogP contribution in [0.25, 0.3) is 33.5 Å². The van der Waals surface area contributed by atoms with Crippen LogP contribution in [0.4, 0.5) is 0 Å². The molecule has 0 amide bonds. The van der Waals surface area contributed by atoms with Gasteiger partial charge in [-0.05, 0) is 54.1 Å². The van der Waals surface area contributed by atoms with Gasteiger partial charge in [-0.3, -0.25) is 4.79 Å². The smallest absolute Gasteiger partial charge is 0.282 e. The van der Waals surface area contributed by atoms with Crippen molar-refractivity contribution in [2.45, 2.75) is 6.61 Å². The van der Waals surface area contributed by atoms with Crippen molar-refractivity contribution in [2.24, 2.45) is 5.10 Å². The summed E-state index contributed by atoms with van der Waals surface area (Å²) in [5.74, 6) is 1.73. The van der Waals surface area contributed by atoms with Crippen LogP contribution in [0.15, 0.2) is 114 Å². The van der Waals surface area contributed by atoms with Gasteiger partial charge in [0.15, 0.2) is 17.3 Å². The highest BCUT2D eigenvalue weighted by Gasteiger charge is 2.17. The molecule has 40 heavy (non-hydrogen) atoms. The number of nitrogens with zero attached hydrogens (tertiary/aromatic N) is 3. The minimum Gasteiger partial charge on any atom is -0.493 e. The second-order valence-corrected chi connectivity index (χ2v) is 10.7. The van der Waals surface area contributed by atoms with E-state index in [-0.39, 0.29) is 11.4 Å². The van der Waals surface area contributed by atoms with Crippen molar-refractivity contribution in [1.82, 2.24) is 9.66 Å². The maximum absolute atomic E-state index is 13.7. The zero-order valence-corrected chi connectivity index (χ0v) is 24.3. The molecule has 4 aromatic carbocycles. The highest BCUT2D eigenvalue weighted by atomic mass is 79.9. The quantitative estimate of drug-likeness (QED) is 0.164. The van der Waals surface area contributed by atoms with Gasteiger partial charge in [-0.1, -0.05) is 74.3 Å². The summed E-state index contributed by atoms with van der Waals surface area (Å²) >= 11 is 6.99. The largest absolute Gasteiger partial charge is 0.493 e. The van der Waals surface area contributed by atoms with Gasteiger partial charge >= 0.3 is 0 Å². The topological polar surface area (TPSA) is 78.9 Å². The molecule has 0 aliphatic rings. The summed E-state index contributed by atoms with van der Waals surface area (Å²) in [7, 11) is 1.58. The van der Waals surface area contributed by atoms with E-state index in [9.17, 15) is 4.79 Å². The second-order valence-electron chi connectivity index (χ2n) is 8.90. The summed E-state index contributed by atoms with van der Waals surface area (Å²) in [5.41, 5.74) is 2.52. The Labute approximate surface area is 245 Å². The molecule has 198 valence electrons. The van der Waals surface area contributed by atoms with Crippen LogP contribution in [0.1, 0.15) is 11.1 Å².